The quantitative estimate of drug-likeness (QED) is 0.240. The van der Waals surface area contributed by atoms with E-state index in [2.05, 4.69) is 63.2 Å². The molecular weight excluding hydrogens is 468 g/mol. The molecule has 3 aromatic carbocycles. The maximum absolute atomic E-state index is 13.3. The Kier molecular flexibility index (Phi) is 8.00. The maximum Gasteiger partial charge on any atom is 0.267 e. The summed E-state index contributed by atoms with van der Waals surface area (Å²) in [7, 11) is 1.33. The van der Waals surface area contributed by atoms with Crippen LogP contribution in [0.1, 0.15) is 34.3 Å². The summed E-state index contributed by atoms with van der Waals surface area (Å²) < 4.78 is 0. The smallest absolute Gasteiger partial charge is 0.267 e. The Morgan fingerprint density at radius 1 is 0.973 bits per heavy atom. The lowest BCUT2D eigenvalue weighted by atomic mass is 9.99. The van der Waals surface area contributed by atoms with Gasteiger partial charge in [0, 0.05) is 24.7 Å². The van der Waals surface area contributed by atoms with Crippen molar-refractivity contribution in [3.05, 3.63) is 108 Å². The van der Waals surface area contributed by atoms with Crippen molar-refractivity contribution < 1.29 is 19.2 Å². The molecule has 4 N–H and O–H groups in total. The van der Waals surface area contributed by atoms with Crippen LogP contribution in [0.3, 0.4) is 0 Å². The number of hydrogen-bond acceptors (Lipinski definition) is 5. The van der Waals surface area contributed by atoms with Gasteiger partial charge < -0.3 is 16.0 Å². The van der Waals surface area contributed by atoms with Crippen molar-refractivity contribution >= 4 is 28.5 Å². The SMILES string of the molecule is C=C(NCc1ccccc1C(=O)NC1(c2ccc3ccccc3c2)CC1)C(=O)NC/C=C/C(=O)NOC. The standard InChI is InChI=1S/C29H30N4O4/c1-20(27(35)30-17-7-12-26(34)33-37-2)31-19-23-10-5-6-11-25(23)28(36)32-29(15-16-29)24-14-13-21-8-3-4-9-22(21)18-24/h3-14,18,31H,1,15-17,19H2,2H3,(H,30,35)(H,32,36)(H,33,34)/b12-7+. The van der Waals surface area contributed by atoms with Gasteiger partial charge in [0.15, 0.2) is 0 Å². The van der Waals surface area contributed by atoms with E-state index >= 15 is 0 Å². The van der Waals surface area contributed by atoms with Crippen LogP contribution < -0.4 is 21.4 Å². The van der Waals surface area contributed by atoms with Crippen LogP contribution in [-0.2, 0) is 26.5 Å². The van der Waals surface area contributed by atoms with E-state index in [1.807, 2.05) is 30.3 Å². The van der Waals surface area contributed by atoms with E-state index in [-0.39, 0.29) is 30.2 Å². The average Bonchev–Trinajstić information content (AvgIpc) is 3.70. The summed E-state index contributed by atoms with van der Waals surface area (Å²) in [5.41, 5.74) is 4.33. The van der Waals surface area contributed by atoms with Gasteiger partial charge in [0.1, 0.15) is 0 Å². The monoisotopic (exact) mass is 498 g/mol. The zero-order valence-corrected chi connectivity index (χ0v) is 20.7. The van der Waals surface area contributed by atoms with E-state index in [0.717, 1.165) is 29.4 Å². The van der Waals surface area contributed by atoms with E-state index in [4.69, 9.17) is 0 Å². The molecule has 0 saturated heterocycles. The predicted molar refractivity (Wildman–Crippen MR) is 142 cm³/mol. The van der Waals surface area contributed by atoms with Crippen molar-refractivity contribution in [3.63, 3.8) is 0 Å². The second-order valence-electron chi connectivity index (χ2n) is 8.87. The highest BCUT2D eigenvalue weighted by Crippen LogP contribution is 2.46. The molecular formula is C29H30N4O4. The number of carbonyl (C=O) groups is 3. The van der Waals surface area contributed by atoms with E-state index in [1.165, 1.54) is 24.6 Å². The molecule has 1 saturated carbocycles. The summed E-state index contributed by atoms with van der Waals surface area (Å²) in [5.74, 6) is -0.998. The van der Waals surface area contributed by atoms with E-state index < -0.39 is 11.8 Å². The first-order valence-electron chi connectivity index (χ1n) is 12.0. The molecule has 0 unspecified atom stereocenters. The van der Waals surface area contributed by atoms with Crippen LogP contribution in [-0.4, -0.2) is 31.4 Å². The van der Waals surface area contributed by atoms with Crippen molar-refractivity contribution in [3.8, 4) is 0 Å². The minimum absolute atomic E-state index is 0.145. The van der Waals surface area contributed by atoms with Crippen molar-refractivity contribution in [1.29, 1.82) is 0 Å². The molecule has 3 aromatic rings. The fourth-order valence-corrected chi connectivity index (χ4v) is 4.12. The molecule has 0 atom stereocenters. The summed E-state index contributed by atoms with van der Waals surface area (Å²) in [4.78, 5) is 41.4. The Morgan fingerprint density at radius 2 is 1.70 bits per heavy atom. The number of hydrogen-bond donors (Lipinski definition) is 4. The van der Waals surface area contributed by atoms with Crippen molar-refractivity contribution in [2.75, 3.05) is 13.7 Å². The number of nitrogens with one attached hydrogen (secondary N) is 4. The lowest BCUT2D eigenvalue weighted by molar-refractivity contribution is -0.126. The van der Waals surface area contributed by atoms with Crippen LogP contribution in [0.25, 0.3) is 10.8 Å². The van der Waals surface area contributed by atoms with Gasteiger partial charge in [-0.2, -0.15) is 0 Å². The largest absolute Gasteiger partial charge is 0.377 e. The van der Waals surface area contributed by atoms with E-state index in [0.29, 0.717) is 5.56 Å². The van der Waals surface area contributed by atoms with Gasteiger partial charge in [-0.25, -0.2) is 5.48 Å². The average molecular weight is 499 g/mol. The number of rotatable bonds is 11. The highest BCUT2D eigenvalue weighted by Gasteiger charge is 2.46. The molecule has 37 heavy (non-hydrogen) atoms. The second kappa shape index (κ2) is 11.5. The summed E-state index contributed by atoms with van der Waals surface area (Å²) in [6.07, 6.45) is 4.51. The third-order valence-electron chi connectivity index (χ3n) is 6.29. The van der Waals surface area contributed by atoms with Gasteiger partial charge in [0.25, 0.3) is 17.7 Å². The molecule has 0 spiro atoms. The summed E-state index contributed by atoms with van der Waals surface area (Å²) >= 11 is 0. The molecule has 1 aliphatic carbocycles. The number of fused-ring (bicyclic) bond motifs is 1. The Labute approximate surface area is 215 Å². The van der Waals surface area contributed by atoms with Gasteiger partial charge in [-0.3, -0.25) is 19.2 Å². The number of benzene rings is 3. The molecule has 0 radical (unpaired) electrons. The van der Waals surface area contributed by atoms with Gasteiger partial charge >= 0.3 is 0 Å². The fraction of sp³-hybridized carbons (Fsp3) is 0.207. The zero-order valence-electron chi connectivity index (χ0n) is 20.7. The highest BCUT2D eigenvalue weighted by atomic mass is 16.6. The van der Waals surface area contributed by atoms with Crippen molar-refractivity contribution in [1.82, 2.24) is 21.4 Å². The second-order valence-corrected chi connectivity index (χ2v) is 8.87. The predicted octanol–water partition coefficient (Wildman–Crippen LogP) is 3.21. The lowest BCUT2D eigenvalue weighted by Gasteiger charge is -2.20. The summed E-state index contributed by atoms with van der Waals surface area (Å²) in [6, 6.07) is 21.8. The number of carbonyl (C=O) groups excluding carboxylic acids is 3. The van der Waals surface area contributed by atoms with Gasteiger partial charge in [-0.15, -0.1) is 0 Å². The molecule has 0 aromatic heterocycles. The Bertz CT molecular complexity index is 1360. The summed E-state index contributed by atoms with van der Waals surface area (Å²) in [6.45, 7) is 4.17. The minimum atomic E-state index is -0.433. The zero-order chi connectivity index (χ0) is 26.3. The maximum atomic E-state index is 13.3. The first-order valence-corrected chi connectivity index (χ1v) is 12.0. The van der Waals surface area contributed by atoms with E-state index in [9.17, 15) is 14.4 Å². The Hall–Kier alpha value is -4.43. The van der Waals surface area contributed by atoms with Gasteiger partial charge in [-0.1, -0.05) is 67.3 Å². The van der Waals surface area contributed by atoms with Crippen LogP contribution in [0, 0.1) is 0 Å². The van der Waals surface area contributed by atoms with Gasteiger partial charge in [0.2, 0.25) is 0 Å². The number of amides is 3. The lowest BCUT2D eigenvalue weighted by Crippen LogP contribution is -2.36. The molecule has 4 rings (SSSR count). The normalized spacial score (nSPS) is 13.6. The van der Waals surface area contributed by atoms with Crippen LogP contribution in [0.5, 0.6) is 0 Å². The number of hydroxylamine groups is 1. The minimum Gasteiger partial charge on any atom is -0.377 e. The van der Waals surface area contributed by atoms with Crippen LogP contribution >= 0.6 is 0 Å². The van der Waals surface area contributed by atoms with Crippen molar-refractivity contribution in [2.24, 2.45) is 0 Å². The molecule has 1 fully saturated rings. The molecule has 8 nitrogen and oxygen atoms in total. The van der Waals surface area contributed by atoms with Crippen LogP contribution in [0.4, 0.5) is 0 Å². The summed E-state index contributed by atoms with van der Waals surface area (Å²) in [5, 5.41) is 11.2. The molecule has 190 valence electrons. The first-order chi connectivity index (χ1) is 17.9. The van der Waals surface area contributed by atoms with Gasteiger partial charge in [0.05, 0.1) is 18.3 Å². The highest BCUT2D eigenvalue weighted by molar-refractivity contribution is 5.97. The van der Waals surface area contributed by atoms with Crippen molar-refractivity contribution in [2.45, 2.75) is 24.9 Å². The fourth-order valence-electron chi connectivity index (χ4n) is 4.12. The van der Waals surface area contributed by atoms with E-state index in [1.54, 1.807) is 6.07 Å². The third kappa shape index (κ3) is 6.42. The van der Waals surface area contributed by atoms with Crippen LogP contribution in [0.15, 0.2) is 91.2 Å². The third-order valence-corrected chi connectivity index (χ3v) is 6.29. The molecule has 0 aliphatic heterocycles. The molecule has 8 heteroatoms. The Balaban J connectivity index is 1.35. The molecule has 0 bridgehead atoms. The van der Waals surface area contributed by atoms with Gasteiger partial charge in [-0.05, 0) is 46.9 Å². The molecule has 1 aliphatic rings. The molecule has 0 heterocycles. The topological polar surface area (TPSA) is 109 Å². The Morgan fingerprint density at radius 3 is 2.46 bits per heavy atom. The van der Waals surface area contributed by atoms with Crippen LogP contribution in [0.2, 0.25) is 0 Å². The first kappa shape index (κ1) is 25.7. The molecule has 3 amide bonds.